The Balaban J connectivity index is 2.78. The molecule has 0 radical (unpaired) electrons. The van der Waals surface area contributed by atoms with Crippen LogP contribution in [0.2, 0.25) is 0 Å². The number of carboxylic acids is 1. The average Bonchev–Trinajstić information content (AvgIpc) is 2.14. The molecule has 1 unspecified atom stereocenters. The largest absolute Gasteiger partial charge is 0.479 e. The van der Waals surface area contributed by atoms with Gasteiger partial charge in [0.1, 0.15) is 18.3 Å². The standard InChI is InChI=1S/C7H12O7/c1-13-7-4(10)2(8)3(9)5(14-7)6(11)12/h2-5,7-10H,1H3,(H,11,12)/t2-,3-,4+,5?,7+/m1/s1. The highest BCUT2D eigenvalue weighted by atomic mass is 16.7. The van der Waals surface area contributed by atoms with Crippen LogP contribution in [-0.2, 0) is 14.3 Å². The summed E-state index contributed by atoms with van der Waals surface area (Å²) >= 11 is 0. The highest BCUT2D eigenvalue weighted by molar-refractivity contribution is 5.73. The molecule has 0 saturated carbocycles. The van der Waals surface area contributed by atoms with Gasteiger partial charge >= 0.3 is 5.97 Å². The molecule has 7 heteroatoms. The van der Waals surface area contributed by atoms with Crippen molar-refractivity contribution in [3.05, 3.63) is 0 Å². The van der Waals surface area contributed by atoms with Gasteiger partial charge in [0.05, 0.1) is 0 Å². The Morgan fingerprint density at radius 2 is 1.79 bits per heavy atom. The van der Waals surface area contributed by atoms with E-state index in [1.54, 1.807) is 0 Å². The smallest absolute Gasteiger partial charge is 0.335 e. The van der Waals surface area contributed by atoms with E-state index in [1.807, 2.05) is 0 Å². The van der Waals surface area contributed by atoms with Crippen molar-refractivity contribution in [2.45, 2.75) is 30.7 Å². The summed E-state index contributed by atoms with van der Waals surface area (Å²) in [5.41, 5.74) is 0. The minimum atomic E-state index is -1.67. The summed E-state index contributed by atoms with van der Waals surface area (Å²) in [4.78, 5) is 10.5. The van der Waals surface area contributed by atoms with Gasteiger partial charge in [0.25, 0.3) is 0 Å². The number of ether oxygens (including phenoxy) is 2. The Morgan fingerprint density at radius 1 is 1.21 bits per heavy atom. The molecule has 0 aliphatic carbocycles. The molecule has 0 bridgehead atoms. The van der Waals surface area contributed by atoms with Crippen LogP contribution in [0.1, 0.15) is 0 Å². The molecule has 1 saturated heterocycles. The molecular formula is C7H12O7. The van der Waals surface area contributed by atoms with Crippen molar-refractivity contribution in [2.75, 3.05) is 7.11 Å². The Morgan fingerprint density at radius 3 is 2.21 bits per heavy atom. The van der Waals surface area contributed by atoms with Gasteiger partial charge in [-0.3, -0.25) is 0 Å². The maximum atomic E-state index is 10.5. The third-order valence-corrected chi connectivity index (χ3v) is 2.05. The Kier molecular flexibility index (Phi) is 3.40. The van der Waals surface area contributed by atoms with Crippen molar-refractivity contribution in [1.82, 2.24) is 0 Å². The van der Waals surface area contributed by atoms with E-state index >= 15 is 0 Å². The van der Waals surface area contributed by atoms with E-state index in [0.29, 0.717) is 0 Å². The minimum Gasteiger partial charge on any atom is -0.479 e. The lowest BCUT2D eigenvalue weighted by Crippen LogP contribution is -2.60. The first-order valence-corrected chi connectivity index (χ1v) is 3.94. The van der Waals surface area contributed by atoms with E-state index in [-0.39, 0.29) is 0 Å². The van der Waals surface area contributed by atoms with Gasteiger partial charge in [-0.1, -0.05) is 0 Å². The summed E-state index contributed by atoms with van der Waals surface area (Å²) in [6, 6.07) is 0. The lowest BCUT2D eigenvalue weighted by atomic mass is 9.99. The number of carboxylic acid groups (broad SMARTS) is 1. The van der Waals surface area contributed by atoms with Crippen molar-refractivity contribution in [3.63, 3.8) is 0 Å². The van der Waals surface area contributed by atoms with Gasteiger partial charge in [-0.15, -0.1) is 0 Å². The molecule has 1 aliphatic heterocycles. The molecule has 0 aromatic carbocycles. The van der Waals surface area contributed by atoms with Crippen molar-refractivity contribution < 1.29 is 34.7 Å². The van der Waals surface area contributed by atoms with E-state index < -0.39 is 36.7 Å². The molecule has 1 aliphatic rings. The van der Waals surface area contributed by atoms with Gasteiger partial charge in [-0.05, 0) is 0 Å². The number of aliphatic hydroxyl groups excluding tert-OH is 3. The monoisotopic (exact) mass is 208 g/mol. The Hall–Kier alpha value is -0.730. The molecule has 0 spiro atoms. The van der Waals surface area contributed by atoms with Crippen molar-refractivity contribution in [3.8, 4) is 0 Å². The van der Waals surface area contributed by atoms with Crippen LogP contribution in [0.4, 0.5) is 0 Å². The Labute approximate surface area is 79.5 Å². The zero-order valence-corrected chi connectivity index (χ0v) is 7.40. The van der Waals surface area contributed by atoms with Gasteiger partial charge in [0, 0.05) is 7.11 Å². The highest BCUT2D eigenvalue weighted by Gasteiger charge is 2.46. The average molecular weight is 208 g/mol. The SMILES string of the molecule is CO[C@H]1OC(C(=O)O)[C@H](O)[C@@H](O)[C@@H]1O. The fourth-order valence-corrected chi connectivity index (χ4v) is 1.25. The van der Waals surface area contributed by atoms with E-state index in [1.165, 1.54) is 7.11 Å². The molecule has 1 heterocycles. The lowest BCUT2D eigenvalue weighted by molar-refractivity contribution is -0.287. The predicted molar refractivity (Wildman–Crippen MR) is 41.3 cm³/mol. The molecular weight excluding hydrogens is 196 g/mol. The molecule has 0 aromatic rings. The van der Waals surface area contributed by atoms with Gasteiger partial charge < -0.3 is 29.9 Å². The van der Waals surface area contributed by atoms with Crippen LogP contribution in [0.5, 0.6) is 0 Å². The normalized spacial score (nSPS) is 43.6. The van der Waals surface area contributed by atoms with Crippen LogP contribution in [0, 0.1) is 0 Å². The third-order valence-electron chi connectivity index (χ3n) is 2.05. The third kappa shape index (κ3) is 1.86. The zero-order chi connectivity index (χ0) is 10.9. The molecule has 1 rings (SSSR count). The van der Waals surface area contributed by atoms with E-state index in [2.05, 4.69) is 4.74 Å². The molecule has 14 heavy (non-hydrogen) atoms. The second kappa shape index (κ2) is 4.20. The molecule has 82 valence electrons. The van der Waals surface area contributed by atoms with Crippen LogP contribution in [0.25, 0.3) is 0 Å². The minimum absolute atomic E-state index is 1.19. The fraction of sp³-hybridized carbons (Fsp3) is 0.857. The highest BCUT2D eigenvalue weighted by Crippen LogP contribution is 2.21. The quantitative estimate of drug-likeness (QED) is 0.397. The van der Waals surface area contributed by atoms with E-state index in [4.69, 9.17) is 9.84 Å². The Bertz CT molecular complexity index is 216. The second-order valence-corrected chi connectivity index (χ2v) is 2.97. The maximum Gasteiger partial charge on any atom is 0.335 e. The molecule has 5 atom stereocenters. The van der Waals surface area contributed by atoms with Gasteiger partial charge in [-0.2, -0.15) is 0 Å². The fourth-order valence-electron chi connectivity index (χ4n) is 1.25. The van der Waals surface area contributed by atoms with Crippen molar-refractivity contribution >= 4 is 5.97 Å². The first kappa shape index (κ1) is 11.3. The molecule has 4 N–H and O–H groups in total. The van der Waals surface area contributed by atoms with Gasteiger partial charge in [0.2, 0.25) is 0 Å². The molecule has 1 fully saturated rings. The number of aliphatic hydroxyl groups is 3. The maximum absolute atomic E-state index is 10.5. The van der Waals surface area contributed by atoms with Gasteiger partial charge in [-0.25, -0.2) is 4.79 Å². The van der Waals surface area contributed by atoms with Crippen molar-refractivity contribution in [1.29, 1.82) is 0 Å². The van der Waals surface area contributed by atoms with Crippen LogP contribution in [0.15, 0.2) is 0 Å². The summed E-state index contributed by atoms with van der Waals surface area (Å²) in [5, 5.41) is 36.3. The molecule has 0 aromatic heterocycles. The van der Waals surface area contributed by atoms with Crippen molar-refractivity contribution in [2.24, 2.45) is 0 Å². The number of hydrogen-bond donors (Lipinski definition) is 4. The summed E-state index contributed by atoms with van der Waals surface area (Å²) in [7, 11) is 1.19. The summed E-state index contributed by atoms with van der Waals surface area (Å²) < 4.78 is 9.31. The number of methoxy groups -OCH3 is 1. The van der Waals surface area contributed by atoms with E-state index in [9.17, 15) is 20.1 Å². The molecule has 7 nitrogen and oxygen atoms in total. The summed E-state index contributed by atoms with van der Waals surface area (Å²) in [6.07, 6.45) is -7.60. The topological polar surface area (TPSA) is 116 Å². The van der Waals surface area contributed by atoms with Crippen LogP contribution < -0.4 is 0 Å². The summed E-state index contributed by atoms with van der Waals surface area (Å²) in [5.74, 6) is -1.43. The second-order valence-electron chi connectivity index (χ2n) is 2.97. The van der Waals surface area contributed by atoms with Crippen LogP contribution in [0.3, 0.4) is 0 Å². The van der Waals surface area contributed by atoms with Crippen LogP contribution >= 0.6 is 0 Å². The number of carbonyl (C=O) groups is 1. The van der Waals surface area contributed by atoms with Gasteiger partial charge in [0.15, 0.2) is 12.4 Å². The first-order chi connectivity index (χ1) is 6.49. The van der Waals surface area contributed by atoms with Crippen LogP contribution in [-0.4, -0.2) is 64.2 Å². The lowest BCUT2D eigenvalue weighted by Gasteiger charge is -2.37. The number of rotatable bonds is 2. The zero-order valence-electron chi connectivity index (χ0n) is 7.40. The number of aliphatic carboxylic acids is 1. The molecule has 0 amide bonds. The first-order valence-electron chi connectivity index (χ1n) is 3.94. The summed E-state index contributed by atoms with van der Waals surface area (Å²) in [6.45, 7) is 0. The number of hydrogen-bond acceptors (Lipinski definition) is 6. The predicted octanol–water partition coefficient (Wildman–Crippen LogP) is -2.47. The van der Waals surface area contributed by atoms with E-state index in [0.717, 1.165) is 0 Å².